The number of nitrogens with zero attached hydrogens (tertiary/aromatic N) is 1. The summed E-state index contributed by atoms with van der Waals surface area (Å²) in [4.78, 5) is 12.7. The molecule has 0 aromatic heterocycles. The number of benzene rings is 2. The molecule has 160 valence electrons. The van der Waals surface area contributed by atoms with Crippen molar-refractivity contribution < 1.29 is 23.1 Å². The van der Waals surface area contributed by atoms with Crippen LogP contribution in [0.2, 0.25) is 0 Å². The predicted molar refractivity (Wildman–Crippen MR) is 114 cm³/mol. The molecule has 1 N–H and O–H groups in total. The molecule has 2 atom stereocenters. The van der Waals surface area contributed by atoms with Gasteiger partial charge in [0.25, 0.3) is 0 Å². The Kier molecular flexibility index (Phi) is 6.63. The molecular weight excluding hydrogens is 402 g/mol. The van der Waals surface area contributed by atoms with Gasteiger partial charge in [-0.3, -0.25) is 0 Å². The molecule has 7 heteroatoms. The third kappa shape index (κ3) is 4.13. The molecule has 1 heterocycles. The molecule has 0 fully saturated rings. The third-order valence-corrected chi connectivity index (χ3v) is 7.33. The van der Waals surface area contributed by atoms with Gasteiger partial charge in [0.15, 0.2) is 0 Å². The van der Waals surface area contributed by atoms with Crippen LogP contribution in [0.5, 0.6) is 0 Å². The summed E-state index contributed by atoms with van der Waals surface area (Å²) in [5.74, 6) is -0.828. The van der Waals surface area contributed by atoms with Crippen LogP contribution < -0.4 is 0 Å². The summed E-state index contributed by atoms with van der Waals surface area (Å²) in [6.07, 6.45) is 1.00. The average molecular weight is 430 g/mol. The molecule has 2 aromatic carbocycles. The maximum absolute atomic E-state index is 13.8. The Morgan fingerprint density at radius 3 is 2.33 bits per heavy atom. The normalized spacial score (nSPS) is 20.2. The van der Waals surface area contributed by atoms with E-state index in [1.54, 1.807) is 24.3 Å². The summed E-state index contributed by atoms with van der Waals surface area (Å²) < 4.78 is 33.9. The average Bonchev–Trinajstić information content (AvgIpc) is 2.74. The molecule has 0 bridgehead atoms. The molecular formula is C23H27NO5S. The number of aliphatic hydroxyl groups is 1. The number of carbonyl (C=O) groups is 1. The molecule has 0 amide bonds. The van der Waals surface area contributed by atoms with Gasteiger partial charge in [0, 0.05) is 6.42 Å². The van der Waals surface area contributed by atoms with E-state index in [1.165, 1.54) is 11.4 Å². The van der Waals surface area contributed by atoms with Crippen molar-refractivity contribution in [2.24, 2.45) is 0 Å². The quantitative estimate of drug-likeness (QED) is 0.693. The number of ether oxygens (including phenoxy) is 1. The van der Waals surface area contributed by atoms with Gasteiger partial charge in [-0.05, 0) is 31.0 Å². The molecule has 30 heavy (non-hydrogen) atoms. The van der Waals surface area contributed by atoms with E-state index in [1.807, 2.05) is 44.2 Å². The summed E-state index contributed by atoms with van der Waals surface area (Å²) in [7, 11) is -2.74. The van der Waals surface area contributed by atoms with E-state index in [9.17, 15) is 18.3 Å². The first-order chi connectivity index (χ1) is 14.3. The van der Waals surface area contributed by atoms with E-state index < -0.39 is 28.1 Å². The summed E-state index contributed by atoms with van der Waals surface area (Å²) in [6.45, 7) is 3.80. The summed E-state index contributed by atoms with van der Waals surface area (Å²) in [5, 5.41) is 10.7. The minimum Gasteiger partial charge on any atom is -0.512 e. The number of carbonyl (C=O) groups excluding carboxylic acids is 1. The van der Waals surface area contributed by atoms with Gasteiger partial charge in [-0.15, -0.1) is 0 Å². The minimum atomic E-state index is -3.97. The minimum absolute atomic E-state index is 0.000246. The number of methoxy groups -OCH3 is 1. The topological polar surface area (TPSA) is 83.9 Å². The predicted octanol–water partition coefficient (Wildman–Crippen LogP) is 4.28. The van der Waals surface area contributed by atoms with E-state index in [0.29, 0.717) is 12.8 Å². The van der Waals surface area contributed by atoms with Gasteiger partial charge in [-0.1, -0.05) is 61.4 Å². The highest BCUT2D eigenvalue weighted by Crippen LogP contribution is 2.42. The number of aliphatic hydroxyl groups excluding tert-OH is 1. The van der Waals surface area contributed by atoms with Gasteiger partial charge in [0.1, 0.15) is 5.76 Å². The van der Waals surface area contributed by atoms with Crippen LogP contribution in [0.4, 0.5) is 0 Å². The maximum Gasteiger partial charge on any atom is 0.338 e. The molecule has 0 saturated carbocycles. The fourth-order valence-corrected chi connectivity index (χ4v) is 5.74. The van der Waals surface area contributed by atoms with Gasteiger partial charge in [0.05, 0.1) is 29.7 Å². The van der Waals surface area contributed by atoms with Crippen molar-refractivity contribution in [2.75, 3.05) is 7.11 Å². The van der Waals surface area contributed by atoms with E-state index in [0.717, 1.165) is 11.1 Å². The molecule has 0 unspecified atom stereocenters. The number of rotatable bonds is 6. The second-order valence-electron chi connectivity index (χ2n) is 7.44. The highest BCUT2D eigenvalue weighted by atomic mass is 32.2. The van der Waals surface area contributed by atoms with Gasteiger partial charge >= 0.3 is 5.97 Å². The van der Waals surface area contributed by atoms with Crippen LogP contribution in [0.15, 0.2) is 70.8 Å². The Bertz CT molecular complexity index is 1030. The molecule has 1 aliphatic rings. The number of hydrogen-bond acceptors (Lipinski definition) is 5. The number of aryl methyl sites for hydroxylation is 1. The first kappa shape index (κ1) is 22.1. The first-order valence-corrected chi connectivity index (χ1v) is 11.4. The number of esters is 1. The lowest BCUT2D eigenvalue weighted by molar-refractivity contribution is -0.137. The molecule has 6 nitrogen and oxygen atoms in total. The SMILES string of the molecule is CCC[C@H]1C(C(=O)OC)=C(O)C[C@@H](c2ccccc2)N1S(=O)(=O)c1ccc(C)cc1. The third-order valence-electron chi connectivity index (χ3n) is 5.39. The molecule has 0 radical (unpaired) electrons. The van der Waals surface area contributed by atoms with Gasteiger partial charge in [0.2, 0.25) is 10.0 Å². The first-order valence-electron chi connectivity index (χ1n) is 9.96. The van der Waals surface area contributed by atoms with Crippen LogP contribution in [0.3, 0.4) is 0 Å². The van der Waals surface area contributed by atoms with Crippen molar-refractivity contribution >= 4 is 16.0 Å². The van der Waals surface area contributed by atoms with E-state index in [2.05, 4.69) is 0 Å². The lowest BCUT2D eigenvalue weighted by Gasteiger charge is -2.41. The van der Waals surface area contributed by atoms with Crippen LogP contribution in [0, 0.1) is 6.92 Å². The van der Waals surface area contributed by atoms with Crippen LogP contribution in [0.25, 0.3) is 0 Å². The Labute approximate surface area is 177 Å². The molecule has 3 rings (SSSR count). The fourth-order valence-electron chi connectivity index (χ4n) is 3.94. The molecule has 0 aliphatic carbocycles. The Hall–Kier alpha value is -2.64. The van der Waals surface area contributed by atoms with Crippen LogP contribution in [-0.4, -0.2) is 37.0 Å². The zero-order valence-corrected chi connectivity index (χ0v) is 18.2. The van der Waals surface area contributed by atoms with E-state index >= 15 is 0 Å². The van der Waals surface area contributed by atoms with Gasteiger partial charge < -0.3 is 9.84 Å². The standard InChI is InChI=1S/C23H27NO5S/c1-4-8-19-22(23(26)29-3)21(25)15-20(17-9-6-5-7-10-17)24(19)30(27,28)18-13-11-16(2)12-14-18/h5-7,9-14,19-20,25H,4,8,15H2,1-3H3/t19-,20-/m0/s1. The largest absolute Gasteiger partial charge is 0.512 e. The zero-order chi connectivity index (χ0) is 21.9. The summed E-state index contributed by atoms with van der Waals surface area (Å²) >= 11 is 0. The second kappa shape index (κ2) is 9.02. The lowest BCUT2D eigenvalue weighted by atomic mass is 9.89. The van der Waals surface area contributed by atoms with Crippen molar-refractivity contribution in [3.63, 3.8) is 0 Å². The highest BCUT2D eigenvalue weighted by Gasteiger charge is 2.46. The molecule has 0 spiro atoms. The second-order valence-corrected chi connectivity index (χ2v) is 9.28. The van der Waals surface area contributed by atoms with E-state index in [4.69, 9.17) is 4.74 Å². The highest BCUT2D eigenvalue weighted by molar-refractivity contribution is 7.89. The smallest absolute Gasteiger partial charge is 0.338 e. The Morgan fingerprint density at radius 1 is 1.13 bits per heavy atom. The Balaban J connectivity index is 2.23. The summed E-state index contributed by atoms with van der Waals surface area (Å²) in [6, 6.07) is 14.4. The van der Waals surface area contributed by atoms with Gasteiger partial charge in [-0.2, -0.15) is 4.31 Å². The van der Waals surface area contributed by atoms with Crippen molar-refractivity contribution in [3.05, 3.63) is 77.1 Å². The van der Waals surface area contributed by atoms with Crippen molar-refractivity contribution in [1.82, 2.24) is 4.31 Å². The molecule has 1 aliphatic heterocycles. The van der Waals surface area contributed by atoms with Crippen LogP contribution >= 0.6 is 0 Å². The van der Waals surface area contributed by atoms with Crippen molar-refractivity contribution in [3.8, 4) is 0 Å². The fraction of sp³-hybridized carbons (Fsp3) is 0.348. The van der Waals surface area contributed by atoms with E-state index in [-0.39, 0.29) is 22.6 Å². The van der Waals surface area contributed by atoms with Crippen LogP contribution in [0.1, 0.15) is 43.4 Å². The van der Waals surface area contributed by atoms with Gasteiger partial charge in [-0.25, -0.2) is 13.2 Å². The van der Waals surface area contributed by atoms with Crippen LogP contribution in [-0.2, 0) is 19.6 Å². The van der Waals surface area contributed by atoms with Crippen molar-refractivity contribution in [1.29, 1.82) is 0 Å². The zero-order valence-electron chi connectivity index (χ0n) is 17.4. The Morgan fingerprint density at radius 2 is 1.77 bits per heavy atom. The monoisotopic (exact) mass is 429 g/mol. The molecule has 0 saturated heterocycles. The number of hydrogen-bond donors (Lipinski definition) is 1. The summed E-state index contributed by atoms with van der Waals surface area (Å²) in [5.41, 5.74) is 1.72. The van der Waals surface area contributed by atoms with Crippen molar-refractivity contribution in [2.45, 2.75) is 50.1 Å². The number of sulfonamides is 1. The maximum atomic E-state index is 13.8. The lowest BCUT2D eigenvalue weighted by Crippen LogP contribution is -2.48. The molecule has 2 aromatic rings.